The quantitative estimate of drug-likeness (QED) is 0.744. The minimum Gasteiger partial charge on any atom is -0.325 e. The van der Waals surface area contributed by atoms with Gasteiger partial charge in [0.1, 0.15) is 0 Å². The first-order valence-electron chi connectivity index (χ1n) is 5.90. The molecule has 0 unspecified atom stereocenters. The Bertz CT molecular complexity index is 700. The van der Waals surface area contributed by atoms with Gasteiger partial charge in [0.05, 0.1) is 5.69 Å². The molecule has 0 amide bonds. The van der Waals surface area contributed by atoms with Crippen molar-refractivity contribution in [3.05, 3.63) is 53.7 Å². The molecule has 2 N–H and O–H groups in total. The fourth-order valence-electron chi connectivity index (χ4n) is 2.02. The lowest BCUT2D eigenvalue weighted by Crippen LogP contribution is -2.04. The van der Waals surface area contributed by atoms with Gasteiger partial charge >= 0.3 is 0 Å². The van der Waals surface area contributed by atoms with E-state index in [-0.39, 0.29) is 0 Å². The molecular formula is C14H14N4. The first-order chi connectivity index (χ1) is 8.78. The Balaban J connectivity index is 2.19. The molecule has 4 nitrogen and oxygen atoms in total. The zero-order valence-electron chi connectivity index (χ0n) is 10.2. The van der Waals surface area contributed by atoms with Gasteiger partial charge in [0.25, 0.3) is 0 Å². The van der Waals surface area contributed by atoms with Crippen molar-refractivity contribution in [1.29, 1.82) is 0 Å². The van der Waals surface area contributed by atoms with Crippen LogP contribution in [-0.2, 0) is 6.54 Å². The third-order valence-electron chi connectivity index (χ3n) is 2.92. The van der Waals surface area contributed by atoms with Crippen molar-refractivity contribution in [1.82, 2.24) is 14.6 Å². The second kappa shape index (κ2) is 4.23. The highest BCUT2D eigenvalue weighted by Crippen LogP contribution is 2.18. The summed E-state index contributed by atoms with van der Waals surface area (Å²) >= 11 is 0. The second-order valence-corrected chi connectivity index (χ2v) is 4.30. The van der Waals surface area contributed by atoms with E-state index in [0.29, 0.717) is 6.54 Å². The lowest BCUT2D eigenvalue weighted by atomic mass is 10.1. The van der Waals surface area contributed by atoms with Gasteiger partial charge in [-0.3, -0.25) is 0 Å². The predicted octanol–water partition coefficient (Wildman–Crippen LogP) is 2.16. The molecule has 2 aromatic heterocycles. The van der Waals surface area contributed by atoms with Crippen molar-refractivity contribution in [3.63, 3.8) is 0 Å². The molecule has 3 rings (SSSR count). The Labute approximate surface area is 105 Å². The van der Waals surface area contributed by atoms with Gasteiger partial charge < -0.3 is 5.73 Å². The molecule has 0 saturated heterocycles. The summed E-state index contributed by atoms with van der Waals surface area (Å²) in [5, 5.41) is 4.52. The predicted molar refractivity (Wildman–Crippen MR) is 71.1 cm³/mol. The van der Waals surface area contributed by atoms with E-state index in [1.54, 1.807) is 4.52 Å². The van der Waals surface area contributed by atoms with Gasteiger partial charge in [0.15, 0.2) is 11.5 Å². The van der Waals surface area contributed by atoms with Crippen LogP contribution in [0.25, 0.3) is 17.0 Å². The number of nitrogens with two attached hydrogens (primary N) is 1. The molecule has 0 bridgehead atoms. The summed E-state index contributed by atoms with van der Waals surface area (Å²) in [4.78, 5) is 4.53. The Hall–Kier alpha value is -2.20. The first-order valence-corrected chi connectivity index (χ1v) is 5.90. The Morgan fingerprint density at radius 3 is 2.78 bits per heavy atom. The van der Waals surface area contributed by atoms with Gasteiger partial charge in [-0.2, -0.15) is 0 Å². The number of pyridine rings is 1. The summed E-state index contributed by atoms with van der Waals surface area (Å²) in [7, 11) is 0. The molecular weight excluding hydrogens is 224 g/mol. The molecule has 18 heavy (non-hydrogen) atoms. The summed E-state index contributed by atoms with van der Waals surface area (Å²) in [5.41, 5.74) is 9.71. The van der Waals surface area contributed by atoms with Crippen molar-refractivity contribution in [2.75, 3.05) is 0 Å². The Morgan fingerprint density at radius 2 is 2.00 bits per heavy atom. The zero-order valence-corrected chi connectivity index (χ0v) is 10.2. The summed E-state index contributed by atoms with van der Waals surface area (Å²) in [6.45, 7) is 2.51. The molecule has 2 heterocycles. The standard InChI is InChI=1S/C14H14N4/c1-10-4-2-5-11(8-10)14-16-13-7-3-6-12(9-15)18(13)17-14/h2-8H,9,15H2,1H3. The number of benzene rings is 1. The Morgan fingerprint density at radius 1 is 1.17 bits per heavy atom. The van der Waals surface area contributed by atoms with Gasteiger partial charge in [-0.05, 0) is 25.1 Å². The van der Waals surface area contributed by atoms with Gasteiger partial charge in [-0.15, -0.1) is 5.10 Å². The molecule has 0 fully saturated rings. The van der Waals surface area contributed by atoms with Crippen molar-refractivity contribution in [2.45, 2.75) is 13.5 Å². The number of rotatable bonds is 2. The molecule has 0 saturated carbocycles. The van der Waals surface area contributed by atoms with E-state index in [1.807, 2.05) is 30.3 Å². The van der Waals surface area contributed by atoms with Crippen molar-refractivity contribution in [3.8, 4) is 11.4 Å². The molecule has 4 heteroatoms. The van der Waals surface area contributed by atoms with Crippen LogP contribution in [0.5, 0.6) is 0 Å². The van der Waals surface area contributed by atoms with Crippen LogP contribution in [0.15, 0.2) is 42.5 Å². The maximum atomic E-state index is 5.70. The smallest absolute Gasteiger partial charge is 0.182 e. The van der Waals surface area contributed by atoms with Gasteiger partial charge in [0.2, 0.25) is 0 Å². The largest absolute Gasteiger partial charge is 0.325 e. The van der Waals surface area contributed by atoms with Crippen LogP contribution in [0, 0.1) is 6.92 Å². The van der Waals surface area contributed by atoms with Crippen molar-refractivity contribution in [2.24, 2.45) is 5.73 Å². The molecule has 0 spiro atoms. The summed E-state index contributed by atoms with van der Waals surface area (Å²) in [6, 6.07) is 14.0. The highest BCUT2D eigenvalue weighted by atomic mass is 15.3. The number of nitrogens with zero attached hydrogens (tertiary/aromatic N) is 3. The highest BCUT2D eigenvalue weighted by molar-refractivity contribution is 5.59. The van der Waals surface area contributed by atoms with Crippen LogP contribution in [0.3, 0.4) is 0 Å². The molecule has 0 atom stereocenters. The monoisotopic (exact) mass is 238 g/mol. The van der Waals surface area contributed by atoms with Gasteiger partial charge in [-0.1, -0.05) is 29.8 Å². The Kier molecular flexibility index (Phi) is 2.57. The minimum atomic E-state index is 0.452. The molecule has 0 aliphatic carbocycles. The number of fused-ring (bicyclic) bond motifs is 1. The average Bonchev–Trinajstić information content (AvgIpc) is 2.82. The van der Waals surface area contributed by atoms with Crippen LogP contribution in [0.4, 0.5) is 0 Å². The van der Waals surface area contributed by atoms with E-state index in [0.717, 1.165) is 22.7 Å². The van der Waals surface area contributed by atoms with E-state index in [4.69, 9.17) is 5.73 Å². The normalized spacial score (nSPS) is 11.0. The highest BCUT2D eigenvalue weighted by Gasteiger charge is 2.08. The van der Waals surface area contributed by atoms with Crippen LogP contribution in [0.1, 0.15) is 11.3 Å². The second-order valence-electron chi connectivity index (χ2n) is 4.30. The van der Waals surface area contributed by atoms with E-state index < -0.39 is 0 Å². The SMILES string of the molecule is Cc1cccc(-c2nc3cccc(CN)n3n2)c1. The van der Waals surface area contributed by atoms with Gasteiger partial charge in [-0.25, -0.2) is 9.50 Å². The van der Waals surface area contributed by atoms with Gasteiger partial charge in [0, 0.05) is 12.1 Å². The molecule has 0 aliphatic heterocycles. The third kappa shape index (κ3) is 1.76. The molecule has 3 aromatic rings. The first kappa shape index (κ1) is 10.9. The fourth-order valence-corrected chi connectivity index (χ4v) is 2.02. The average molecular weight is 238 g/mol. The molecule has 0 radical (unpaired) electrons. The van der Waals surface area contributed by atoms with E-state index in [1.165, 1.54) is 5.56 Å². The maximum absolute atomic E-state index is 5.70. The number of hydrogen-bond donors (Lipinski definition) is 1. The number of aryl methyl sites for hydroxylation is 1. The molecule has 1 aromatic carbocycles. The van der Waals surface area contributed by atoms with E-state index in [2.05, 4.69) is 29.1 Å². The topological polar surface area (TPSA) is 56.2 Å². The zero-order chi connectivity index (χ0) is 12.5. The molecule has 0 aliphatic rings. The van der Waals surface area contributed by atoms with Crippen molar-refractivity contribution < 1.29 is 0 Å². The number of hydrogen-bond acceptors (Lipinski definition) is 3. The van der Waals surface area contributed by atoms with E-state index in [9.17, 15) is 0 Å². The third-order valence-corrected chi connectivity index (χ3v) is 2.92. The van der Waals surface area contributed by atoms with Crippen LogP contribution < -0.4 is 5.73 Å². The van der Waals surface area contributed by atoms with Crippen molar-refractivity contribution >= 4 is 5.65 Å². The summed E-state index contributed by atoms with van der Waals surface area (Å²) < 4.78 is 1.80. The minimum absolute atomic E-state index is 0.452. The number of aromatic nitrogens is 3. The summed E-state index contributed by atoms with van der Waals surface area (Å²) in [5.74, 6) is 0.736. The lowest BCUT2D eigenvalue weighted by molar-refractivity contribution is 0.852. The van der Waals surface area contributed by atoms with Crippen LogP contribution >= 0.6 is 0 Å². The fraction of sp³-hybridized carbons (Fsp3) is 0.143. The maximum Gasteiger partial charge on any atom is 0.182 e. The van der Waals surface area contributed by atoms with Crippen LogP contribution in [0.2, 0.25) is 0 Å². The van der Waals surface area contributed by atoms with Crippen LogP contribution in [-0.4, -0.2) is 14.6 Å². The lowest BCUT2D eigenvalue weighted by Gasteiger charge is -1.98. The van der Waals surface area contributed by atoms with E-state index >= 15 is 0 Å². The molecule has 90 valence electrons. The summed E-state index contributed by atoms with van der Waals surface area (Å²) in [6.07, 6.45) is 0.